The van der Waals surface area contributed by atoms with E-state index < -0.39 is 63.1 Å². The van der Waals surface area contributed by atoms with Crippen molar-refractivity contribution < 1.29 is 55.9 Å². The molecule has 352 valence electrons. The van der Waals surface area contributed by atoms with Crippen molar-refractivity contribution >= 4 is 45.1 Å². The van der Waals surface area contributed by atoms with Gasteiger partial charge in [-0.25, -0.2) is 27.8 Å². The zero-order valence-corrected chi connectivity index (χ0v) is 37.1. The minimum Gasteiger partial charge on any atom is -0.494 e. The first-order chi connectivity index (χ1) is 30.6. The number of halogens is 2. The van der Waals surface area contributed by atoms with Crippen LogP contribution in [0.1, 0.15) is 51.5 Å². The second-order valence-electron chi connectivity index (χ2n) is 15.1. The summed E-state index contributed by atoms with van der Waals surface area (Å²) in [7, 11) is -3.35. The Kier molecular flexibility index (Phi) is 21.0. The molecular formula is C42H59F2N9O10S. The maximum atomic E-state index is 15.1. The fraction of sp³-hybridized carbons (Fsp3) is 0.524. The highest BCUT2D eigenvalue weighted by Gasteiger charge is 2.29. The van der Waals surface area contributed by atoms with Gasteiger partial charge < -0.3 is 56.4 Å². The van der Waals surface area contributed by atoms with Gasteiger partial charge in [-0.15, -0.1) is 0 Å². The fourth-order valence-electron chi connectivity index (χ4n) is 6.24. The Morgan fingerprint density at radius 3 is 2.36 bits per heavy atom. The molecule has 22 heteroatoms. The van der Waals surface area contributed by atoms with Crippen molar-refractivity contribution in [3.63, 3.8) is 0 Å². The van der Waals surface area contributed by atoms with Gasteiger partial charge in [0.05, 0.1) is 74.5 Å². The number of benzene rings is 2. The molecule has 0 saturated carbocycles. The highest BCUT2D eigenvalue weighted by atomic mass is 32.2. The average Bonchev–Trinajstić information content (AvgIpc) is 3.23. The molecule has 4 bridgehead atoms. The van der Waals surface area contributed by atoms with Crippen molar-refractivity contribution in [2.24, 2.45) is 21.7 Å². The highest BCUT2D eigenvalue weighted by molar-refractivity contribution is 7.92. The second kappa shape index (κ2) is 26.3. The van der Waals surface area contributed by atoms with Crippen LogP contribution >= 0.6 is 0 Å². The van der Waals surface area contributed by atoms with E-state index in [-0.39, 0.29) is 80.9 Å². The number of urea groups is 1. The van der Waals surface area contributed by atoms with Crippen LogP contribution in [-0.4, -0.2) is 122 Å². The number of amides is 5. The summed E-state index contributed by atoms with van der Waals surface area (Å²) in [6.07, 6.45) is 3.45. The number of rotatable bonds is 22. The standard InChI is InChI=1S/C42H59F2N9O10S/c1-27(2)37(51-36(54)10-15-59-17-19-61-20-18-60-16-11-45)40(56)50-34(7-6-12-47-41(46)57)39(55)53-64(3,58)26-28-21-30-24-31(22-28)62-13-4-5-14-63-35-23-29(43)8-9-32(35)38-33(44)25-48-42(49-30)52-38/h8-9,21-25,27,34,37H,4-7,10-20,26,45H2,1-3H3,(H,50,56)(H,51,54)(H3,46,47,57)(H,48,49,52)/t34-,37-,64-/m0/s1. The van der Waals surface area contributed by atoms with Crippen LogP contribution in [0.5, 0.6) is 11.5 Å². The largest absolute Gasteiger partial charge is 0.494 e. The molecule has 1 aliphatic rings. The summed E-state index contributed by atoms with van der Waals surface area (Å²) in [4.78, 5) is 60.0. The molecule has 3 atom stereocenters. The topological polar surface area (TPSA) is 270 Å². The van der Waals surface area contributed by atoms with Crippen LogP contribution in [0.2, 0.25) is 0 Å². The molecule has 3 aromatic rings. The van der Waals surface area contributed by atoms with Gasteiger partial charge in [0.15, 0.2) is 5.82 Å². The molecule has 5 amide bonds. The Hall–Kier alpha value is -5.55. The molecule has 19 nitrogen and oxygen atoms in total. The number of fused-ring (bicyclic) bond motifs is 6. The van der Waals surface area contributed by atoms with Gasteiger partial charge in [0.2, 0.25) is 17.8 Å². The molecule has 0 unspecified atom stereocenters. The summed E-state index contributed by atoms with van der Waals surface area (Å²) in [5, 5.41) is 10.8. The molecular weight excluding hydrogens is 861 g/mol. The van der Waals surface area contributed by atoms with Gasteiger partial charge in [-0.2, -0.15) is 4.36 Å². The monoisotopic (exact) mass is 919 g/mol. The van der Waals surface area contributed by atoms with Gasteiger partial charge in [-0.1, -0.05) is 13.8 Å². The van der Waals surface area contributed by atoms with E-state index in [0.29, 0.717) is 62.8 Å². The van der Waals surface area contributed by atoms with Crippen molar-refractivity contribution in [1.82, 2.24) is 25.9 Å². The molecule has 1 aliphatic heterocycles. The van der Waals surface area contributed by atoms with Gasteiger partial charge in [-0.05, 0) is 61.4 Å². The Morgan fingerprint density at radius 2 is 1.66 bits per heavy atom. The number of ether oxygens (including phenoxy) is 5. The quantitative estimate of drug-likeness (QED) is 0.0790. The first-order valence-electron chi connectivity index (χ1n) is 20.9. The third-order valence-electron chi connectivity index (χ3n) is 9.28. The van der Waals surface area contributed by atoms with Crippen LogP contribution in [0.3, 0.4) is 0 Å². The fourth-order valence-corrected chi connectivity index (χ4v) is 7.59. The van der Waals surface area contributed by atoms with E-state index in [2.05, 4.69) is 35.6 Å². The van der Waals surface area contributed by atoms with E-state index in [4.69, 9.17) is 35.2 Å². The zero-order valence-electron chi connectivity index (χ0n) is 36.3. The van der Waals surface area contributed by atoms with E-state index in [0.717, 1.165) is 12.3 Å². The predicted octanol–water partition coefficient (Wildman–Crippen LogP) is 3.31. The van der Waals surface area contributed by atoms with E-state index >= 15 is 4.39 Å². The van der Waals surface area contributed by atoms with Crippen LogP contribution in [0.4, 0.5) is 25.2 Å². The predicted molar refractivity (Wildman–Crippen MR) is 234 cm³/mol. The van der Waals surface area contributed by atoms with Crippen molar-refractivity contribution in [3.8, 4) is 22.8 Å². The number of hydrogen-bond acceptors (Lipinski definition) is 14. The number of hydrogen-bond donors (Lipinski definition) is 6. The molecule has 1 aromatic heterocycles. The maximum Gasteiger partial charge on any atom is 0.312 e. The van der Waals surface area contributed by atoms with Crippen molar-refractivity contribution in [1.29, 1.82) is 0 Å². The molecule has 0 aliphatic carbocycles. The highest BCUT2D eigenvalue weighted by Crippen LogP contribution is 2.33. The van der Waals surface area contributed by atoms with Gasteiger partial charge >= 0.3 is 6.03 Å². The Labute approximate surface area is 371 Å². The molecule has 0 saturated heterocycles. The first-order valence-corrected chi connectivity index (χ1v) is 23.0. The van der Waals surface area contributed by atoms with Crippen LogP contribution in [0.15, 0.2) is 47.0 Å². The summed E-state index contributed by atoms with van der Waals surface area (Å²) in [5.41, 5.74) is 11.5. The normalized spacial score (nSPS) is 14.4. The molecule has 2 aromatic carbocycles. The zero-order chi connectivity index (χ0) is 46.5. The van der Waals surface area contributed by atoms with Gasteiger partial charge in [0, 0.05) is 49.1 Å². The Morgan fingerprint density at radius 1 is 0.953 bits per heavy atom. The molecule has 0 fully saturated rings. The lowest BCUT2D eigenvalue weighted by molar-refractivity contribution is -0.132. The van der Waals surface area contributed by atoms with E-state index in [9.17, 15) is 27.8 Å². The lowest BCUT2D eigenvalue weighted by Gasteiger charge is -2.24. The lowest BCUT2D eigenvalue weighted by atomic mass is 10.0. The summed E-state index contributed by atoms with van der Waals surface area (Å²) < 4.78 is 75.4. The van der Waals surface area contributed by atoms with Gasteiger partial charge in [0.1, 0.15) is 35.1 Å². The Balaban J connectivity index is 1.48. The van der Waals surface area contributed by atoms with Crippen molar-refractivity contribution in [2.75, 3.05) is 77.5 Å². The molecule has 0 radical (unpaired) electrons. The number of carbonyl (C=O) groups is 4. The number of carbonyl (C=O) groups excluding carboxylic acids is 4. The number of nitrogens with zero attached hydrogens (tertiary/aromatic N) is 3. The third-order valence-corrected chi connectivity index (χ3v) is 10.7. The summed E-state index contributed by atoms with van der Waals surface area (Å²) in [6, 6.07) is 5.52. The van der Waals surface area contributed by atoms with Crippen LogP contribution in [0, 0.1) is 17.6 Å². The molecule has 64 heavy (non-hydrogen) atoms. The number of nitrogens with two attached hydrogens (primary N) is 2. The molecule has 2 heterocycles. The molecule has 8 N–H and O–H groups in total. The molecule has 4 rings (SSSR count). The number of anilines is 2. The summed E-state index contributed by atoms with van der Waals surface area (Å²) >= 11 is 0. The number of nitrogens with one attached hydrogen (secondary N) is 4. The van der Waals surface area contributed by atoms with Crippen LogP contribution in [-0.2, 0) is 44.1 Å². The van der Waals surface area contributed by atoms with Crippen molar-refractivity contribution in [3.05, 3.63) is 59.8 Å². The summed E-state index contributed by atoms with van der Waals surface area (Å²) in [6.45, 7) is 6.24. The smallest absolute Gasteiger partial charge is 0.312 e. The van der Waals surface area contributed by atoms with E-state index in [1.54, 1.807) is 32.0 Å². The second-order valence-corrected chi connectivity index (χ2v) is 17.5. The van der Waals surface area contributed by atoms with Crippen LogP contribution < -0.4 is 42.2 Å². The lowest BCUT2D eigenvalue weighted by Crippen LogP contribution is -2.53. The minimum atomic E-state index is -3.35. The van der Waals surface area contributed by atoms with E-state index in [1.807, 2.05) is 0 Å². The number of aromatic nitrogens is 2. The average molecular weight is 920 g/mol. The van der Waals surface area contributed by atoms with Crippen LogP contribution in [0.25, 0.3) is 11.3 Å². The minimum absolute atomic E-state index is 0.0147. The number of primary amides is 1. The van der Waals surface area contributed by atoms with Gasteiger partial charge in [0.25, 0.3) is 5.91 Å². The Bertz CT molecular complexity index is 2160. The SMILES string of the molecule is CC(C)[C@H](NC(=O)CCOCCOCCOCCN)C(=O)N[C@@H](CCCNC(N)=O)C(=O)N=[S@@](C)(=O)Cc1cc2cc(c1)OCCCCOc1cc(F)ccc1-c1nc(ncc1F)N2. The maximum absolute atomic E-state index is 15.1. The summed E-state index contributed by atoms with van der Waals surface area (Å²) in [5.74, 6) is -3.50. The first kappa shape index (κ1) is 51.1. The molecule has 0 spiro atoms. The van der Waals surface area contributed by atoms with Crippen molar-refractivity contribution in [2.45, 2.75) is 63.8 Å². The van der Waals surface area contributed by atoms with E-state index in [1.165, 1.54) is 18.4 Å². The third kappa shape index (κ3) is 17.9. The van der Waals surface area contributed by atoms with Gasteiger partial charge in [-0.3, -0.25) is 14.4 Å².